The summed E-state index contributed by atoms with van der Waals surface area (Å²) >= 11 is 5.41. The average Bonchev–Trinajstić information content (AvgIpc) is 3.02. The van der Waals surface area contributed by atoms with Gasteiger partial charge in [-0.2, -0.15) is 5.10 Å². The van der Waals surface area contributed by atoms with Crippen LogP contribution >= 0.6 is 27.3 Å². The topological polar surface area (TPSA) is 29.9 Å². The van der Waals surface area contributed by atoms with Crippen LogP contribution in [0.15, 0.2) is 22.0 Å². The third-order valence-electron chi connectivity index (χ3n) is 3.31. The van der Waals surface area contributed by atoms with Gasteiger partial charge < -0.3 is 5.32 Å². The van der Waals surface area contributed by atoms with E-state index >= 15 is 0 Å². The zero-order valence-electron chi connectivity index (χ0n) is 11.6. The van der Waals surface area contributed by atoms with Crippen molar-refractivity contribution in [3.05, 3.63) is 38.3 Å². The highest BCUT2D eigenvalue weighted by Crippen LogP contribution is 2.28. The number of aryl methyl sites for hydroxylation is 2. The highest BCUT2D eigenvalue weighted by atomic mass is 79.9. The van der Waals surface area contributed by atoms with Crippen LogP contribution in [0, 0.1) is 0 Å². The number of halogens is 1. The monoisotopic (exact) mass is 341 g/mol. The van der Waals surface area contributed by atoms with Crippen LogP contribution in [-0.4, -0.2) is 16.8 Å². The van der Waals surface area contributed by atoms with Gasteiger partial charge in [-0.15, -0.1) is 11.3 Å². The normalized spacial score (nSPS) is 12.8. The lowest BCUT2D eigenvalue weighted by Gasteiger charge is -2.17. The highest BCUT2D eigenvalue weighted by molar-refractivity contribution is 9.10. The maximum absolute atomic E-state index is 4.64. The average molecular weight is 342 g/mol. The predicted octanol–water partition coefficient (Wildman–Crippen LogP) is 3.79. The molecule has 0 saturated heterocycles. The Kier molecular flexibility index (Phi) is 5.19. The summed E-state index contributed by atoms with van der Waals surface area (Å²) in [5.74, 6) is 0. The molecule has 0 bridgehead atoms. The summed E-state index contributed by atoms with van der Waals surface area (Å²) in [5.41, 5.74) is 2.45. The van der Waals surface area contributed by atoms with Crippen molar-refractivity contribution in [1.82, 2.24) is 15.1 Å². The summed E-state index contributed by atoms with van der Waals surface area (Å²) in [4.78, 5) is 1.38. The quantitative estimate of drug-likeness (QED) is 0.866. The van der Waals surface area contributed by atoms with Crippen molar-refractivity contribution in [3.63, 3.8) is 0 Å². The molecule has 5 heteroatoms. The Labute approximate surface area is 127 Å². The molecular weight excluding hydrogens is 322 g/mol. The van der Waals surface area contributed by atoms with Gasteiger partial charge in [-0.3, -0.25) is 4.68 Å². The van der Waals surface area contributed by atoms with E-state index in [2.05, 4.69) is 62.4 Å². The van der Waals surface area contributed by atoms with Crippen molar-refractivity contribution in [2.24, 2.45) is 0 Å². The molecule has 0 fully saturated rings. The van der Waals surface area contributed by atoms with Crippen molar-refractivity contribution in [3.8, 4) is 0 Å². The van der Waals surface area contributed by atoms with Crippen molar-refractivity contribution in [2.75, 3.05) is 7.05 Å². The van der Waals surface area contributed by atoms with E-state index < -0.39 is 0 Å². The van der Waals surface area contributed by atoms with Crippen LogP contribution in [0.3, 0.4) is 0 Å². The van der Waals surface area contributed by atoms with Crippen molar-refractivity contribution in [2.45, 2.75) is 39.3 Å². The molecule has 2 aromatic heterocycles. The van der Waals surface area contributed by atoms with Crippen LogP contribution in [0.25, 0.3) is 0 Å². The number of aromatic nitrogens is 2. The van der Waals surface area contributed by atoms with Gasteiger partial charge in [0.15, 0.2) is 0 Å². The Balaban J connectivity index is 2.26. The Morgan fingerprint density at radius 2 is 2.26 bits per heavy atom. The van der Waals surface area contributed by atoms with Gasteiger partial charge in [0.2, 0.25) is 0 Å². The molecule has 0 aliphatic rings. The zero-order valence-corrected chi connectivity index (χ0v) is 14.0. The van der Waals surface area contributed by atoms with Gasteiger partial charge in [-0.1, -0.05) is 6.92 Å². The third kappa shape index (κ3) is 3.27. The molecule has 0 aliphatic heterocycles. The maximum Gasteiger partial charge on any atom is 0.0625 e. The van der Waals surface area contributed by atoms with Crippen LogP contribution < -0.4 is 5.32 Å². The lowest BCUT2D eigenvalue weighted by Crippen LogP contribution is -2.22. The first-order valence-corrected chi connectivity index (χ1v) is 8.32. The molecule has 1 unspecified atom stereocenters. The molecular formula is C14H20BrN3S. The molecule has 0 spiro atoms. The SMILES string of the molecule is CCc1cc(C(Cc2sccc2Br)NC)n(CC)n1. The molecule has 1 atom stereocenters. The Bertz CT molecular complexity index is 533. The molecule has 0 amide bonds. The largest absolute Gasteiger partial charge is 0.311 e. The number of nitrogens with zero attached hydrogens (tertiary/aromatic N) is 2. The second-order valence-corrected chi connectivity index (χ2v) is 6.32. The molecule has 2 rings (SSSR count). The van der Waals surface area contributed by atoms with Gasteiger partial charge in [0.25, 0.3) is 0 Å². The molecule has 3 nitrogen and oxygen atoms in total. The maximum atomic E-state index is 4.64. The van der Waals surface area contributed by atoms with Crippen LogP contribution in [0.2, 0.25) is 0 Å². The van der Waals surface area contributed by atoms with Crippen LogP contribution in [0.1, 0.15) is 36.2 Å². The first kappa shape index (κ1) is 14.8. The van der Waals surface area contributed by atoms with E-state index in [0.717, 1.165) is 19.4 Å². The smallest absolute Gasteiger partial charge is 0.0625 e. The molecule has 0 saturated carbocycles. The second kappa shape index (κ2) is 6.68. The molecule has 104 valence electrons. The van der Waals surface area contributed by atoms with Crippen LogP contribution in [0.4, 0.5) is 0 Å². The van der Waals surface area contributed by atoms with Gasteiger partial charge in [0.05, 0.1) is 17.4 Å². The molecule has 2 aromatic rings. The molecule has 0 aromatic carbocycles. The molecule has 2 heterocycles. The number of hydrogen-bond donors (Lipinski definition) is 1. The zero-order chi connectivity index (χ0) is 13.8. The van der Waals surface area contributed by atoms with Gasteiger partial charge in [0.1, 0.15) is 0 Å². The molecule has 19 heavy (non-hydrogen) atoms. The minimum atomic E-state index is 0.308. The molecule has 1 N–H and O–H groups in total. The summed E-state index contributed by atoms with van der Waals surface area (Å²) in [6.45, 7) is 5.21. The fourth-order valence-corrected chi connectivity index (χ4v) is 3.77. The van der Waals surface area contributed by atoms with E-state index in [-0.39, 0.29) is 0 Å². The number of hydrogen-bond acceptors (Lipinski definition) is 3. The Morgan fingerprint density at radius 3 is 2.79 bits per heavy atom. The lowest BCUT2D eigenvalue weighted by molar-refractivity contribution is 0.514. The van der Waals surface area contributed by atoms with E-state index in [4.69, 9.17) is 0 Å². The van der Waals surface area contributed by atoms with Gasteiger partial charge in [0, 0.05) is 22.3 Å². The van der Waals surface area contributed by atoms with Gasteiger partial charge in [-0.05, 0) is 53.8 Å². The van der Waals surface area contributed by atoms with Crippen molar-refractivity contribution < 1.29 is 0 Å². The summed E-state index contributed by atoms with van der Waals surface area (Å²) in [6.07, 6.45) is 1.97. The first-order chi connectivity index (χ1) is 9.19. The lowest BCUT2D eigenvalue weighted by atomic mass is 10.1. The van der Waals surface area contributed by atoms with E-state index in [9.17, 15) is 0 Å². The van der Waals surface area contributed by atoms with E-state index in [1.165, 1.54) is 20.7 Å². The predicted molar refractivity (Wildman–Crippen MR) is 84.8 cm³/mol. The summed E-state index contributed by atoms with van der Waals surface area (Å²) < 4.78 is 3.32. The van der Waals surface area contributed by atoms with Gasteiger partial charge in [-0.25, -0.2) is 0 Å². The fourth-order valence-electron chi connectivity index (χ4n) is 2.20. The van der Waals surface area contributed by atoms with Crippen LogP contribution in [0.5, 0.6) is 0 Å². The number of nitrogens with one attached hydrogen (secondary N) is 1. The molecule has 0 radical (unpaired) electrons. The standard InChI is InChI=1S/C14H20BrN3S/c1-4-10-8-13(18(5-2)17-10)12(16-3)9-14-11(15)6-7-19-14/h6-8,12,16H,4-5,9H2,1-3H3. The first-order valence-electron chi connectivity index (χ1n) is 6.65. The fraction of sp³-hybridized carbons (Fsp3) is 0.500. The number of thiophene rings is 1. The highest BCUT2D eigenvalue weighted by Gasteiger charge is 2.18. The molecule has 0 aliphatic carbocycles. The van der Waals surface area contributed by atoms with Crippen molar-refractivity contribution >= 4 is 27.3 Å². The van der Waals surface area contributed by atoms with Crippen molar-refractivity contribution in [1.29, 1.82) is 0 Å². The summed E-state index contributed by atoms with van der Waals surface area (Å²) in [7, 11) is 2.02. The number of rotatable bonds is 6. The third-order valence-corrected chi connectivity index (χ3v) is 5.26. The second-order valence-electron chi connectivity index (χ2n) is 4.47. The van der Waals surface area contributed by atoms with Gasteiger partial charge >= 0.3 is 0 Å². The van der Waals surface area contributed by atoms with E-state index in [1.807, 2.05) is 7.05 Å². The minimum absolute atomic E-state index is 0.308. The summed E-state index contributed by atoms with van der Waals surface area (Å²) in [6, 6.07) is 4.65. The van der Waals surface area contributed by atoms with E-state index in [0.29, 0.717) is 6.04 Å². The Morgan fingerprint density at radius 1 is 1.47 bits per heavy atom. The van der Waals surface area contributed by atoms with E-state index in [1.54, 1.807) is 11.3 Å². The van der Waals surface area contributed by atoms with Crippen LogP contribution in [-0.2, 0) is 19.4 Å². The minimum Gasteiger partial charge on any atom is -0.311 e. The summed E-state index contributed by atoms with van der Waals surface area (Å²) in [5, 5.41) is 10.2. The number of likely N-dealkylation sites (N-methyl/N-ethyl adjacent to an activating group) is 1. The Hall–Kier alpha value is -0.650.